The first-order valence-electron chi connectivity index (χ1n) is 8.44. The second-order valence-electron chi connectivity index (χ2n) is 6.32. The first kappa shape index (κ1) is 19.8. The van der Waals surface area contributed by atoms with E-state index in [4.69, 9.17) is 5.11 Å². The van der Waals surface area contributed by atoms with Gasteiger partial charge >= 0.3 is 0 Å². The number of aryl methyl sites for hydroxylation is 1. The van der Waals surface area contributed by atoms with Crippen molar-refractivity contribution in [1.82, 2.24) is 24.2 Å². The van der Waals surface area contributed by atoms with Gasteiger partial charge < -0.3 is 5.11 Å². The number of nitrogens with one attached hydrogen (secondary N) is 2. The molecule has 0 spiro atoms. The second kappa shape index (κ2) is 8.22. The first-order valence-corrected chi connectivity index (χ1v) is 9.92. The van der Waals surface area contributed by atoms with Crippen molar-refractivity contribution in [2.45, 2.75) is 45.1 Å². The van der Waals surface area contributed by atoms with Crippen molar-refractivity contribution in [3.8, 4) is 0 Å². The van der Waals surface area contributed by atoms with Crippen molar-refractivity contribution in [3.05, 3.63) is 30.9 Å². The lowest BCUT2D eigenvalue weighted by atomic mass is 9.93. The van der Waals surface area contributed by atoms with E-state index in [2.05, 4.69) is 39.7 Å². The zero-order valence-electron chi connectivity index (χ0n) is 14.8. The third kappa shape index (κ3) is 4.55. The summed E-state index contributed by atoms with van der Waals surface area (Å²) in [6.07, 6.45) is 3.95. The van der Waals surface area contributed by atoms with Gasteiger partial charge in [0.15, 0.2) is 0 Å². The molecule has 1 saturated carbocycles. The molecule has 0 radical (unpaired) electrons. The Balaban J connectivity index is 2.20. The van der Waals surface area contributed by atoms with E-state index in [0.29, 0.717) is 18.0 Å². The summed E-state index contributed by atoms with van der Waals surface area (Å²) in [5.41, 5.74) is 0.709. The SMILES string of the molecule is C=CC(=C)n1c(C)nnc1[C@H]1C[C@@H](NS(=O)(=O)NCCO)C[C@H]1CC. The van der Waals surface area contributed by atoms with Crippen molar-refractivity contribution < 1.29 is 13.5 Å². The molecule has 140 valence electrons. The van der Waals surface area contributed by atoms with Crippen LogP contribution in [0.1, 0.15) is 43.8 Å². The third-order valence-corrected chi connectivity index (χ3v) is 5.88. The fourth-order valence-corrected chi connectivity index (χ4v) is 4.57. The van der Waals surface area contributed by atoms with Crippen LogP contribution in [0, 0.1) is 12.8 Å². The molecule has 1 heterocycles. The van der Waals surface area contributed by atoms with Gasteiger partial charge in [0.25, 0.3) is 10.2 Å². The van der Waals surface area contributed by atoms with E-state index in [1.165, 1.54) is 0 Å². The maximum Gasteiger partial charge on any atom is 0.277 e. The number of aliphatic hydroxyl groups excluding tert-OH is 1. The molecule has 1 aliphatic carbocycles. The molecule has 3 atom stereocenters. The topological polar surface area (TPSA) is 109 Å². The quantitative estimate of drug-likeness (QED) is 0.561. The number of aromatic nitrogens is 3. The number of rotatable bonds is 9. The highest BCUT2D eigenvalue weighted by Crippen LogP contribution is 2.41. The minimum absolute atomic E-state index is 0.00460. The van der Waals surface area contributed by atoms with Crippen LogP contribution in [0.15, 0.2) is 19.2 Å². The van der Waals surface area contributed by atoms with Gasteiger partial charge in [0.05, 0.1) is 6.61 Å². The summed E-state index contributed by atoms with van der Waals surface area (Å²) in [5.74, 6) is 1.93. The molecule has 2 rings (SSSR count). The summed E-state index contributed by atoms with van der Waals surface area (Å²) in [5, 5.41) is 17.3. The minimum atomic E-state index is -3.63. The van der Waals surface area contributed by atoms with Gasteiger partial charge in [-0.3, -0.25) is 4.57 Å². The van der Waals surface area contributed by atoms with Crippen LogP contribution >= 0.6 is 0 Å². The van der Waals surface area contributed by atoms with Crippen LogP contribution in [-0.4, -0.2) is 47.5 Å². The van der Waals surface area contributed by atoms with Gasteiger partial charge in [-0.05, 0) is 31.8 Å². The Morgan fingerprint density at radius 3 is 2.76 bits per heavy atom. The monoisotopic (exact) mass is 369 g/mol. The molecule has 1 aromatic heterocycles. The van der Waals surface area contributed by atoms with Gasteiger partial charge in [-0.2, -0.15) is 17.9 Å². The Labute approximate surface area is 149 Å². The maximum absolute atomic E-state index is 12.0. The van der Waals surface area contributed by atoms with Crippen molar-refractivity contribution >= 4 is 15.9 Å². The maximum atomic E-state index is 12.0. The molecule has 0 unspecified atom stereocenters. The molecule has 1 aromatic rings. The summed E-state index contributed by atoms with van der Waals surface area (Å²) in [6.45, 7) is 11.5. The average Bonchev–Trinajstić information content (AvgIpc) is 3.14. The molecule has 0 saturated heterocycles. The molecule has 1 fully saturated rings. The first-order chi connectivity index (χ1) is 11.8. The number of hydrogen-bond acceptors (Lipinski definition) is 5. The largest absolute Gasteiger partial charge is 0.395 e. The Morgan fingerprint density at radius 2 is 2.16 bits per heavy atom. The molecule has 3 N–H and O–H groups in total. The van der Waals surface area contributed by atoms with E-state index < -0.39 is 10.2 Å². The Kier molecular flexibility index (Phi) is 6.50. The van der Waals surface area contributed by atoms with Crippen molar-refractivity contribution in [1.29, 1.82) is 0 Å². The van der Waals surface area contributed by atoms with Crippen molar-refractivity contribution in [2.75, 3.05) is 13.2 Å². The van der Waals surface area contributed by atoms with E-state index in [1.807, 2.05) is 11.5 Å². The number of nitrogens with zero attached hydrogens (tertiary/aromatic N) is 3. The van der Waals surface area contributed by atoms with E-state index in [1.54, 1.807) is 6.08 Å². The lowest BCUT2D eigenvalue weighted by Gasteiger charge is -2.18. The zero-order chi connectivity index (χ0) is 18.6. The van der Waals surface area contributed by atoms with Crippen LogP contribution in [0.5, 0.6) is 0 Å². The molecular formula is C16H27N5O3S. The molecule has 0 bridgehead atoms. The van der Waals surface area contributed by atoms with E-state index in [9.17, 15) is 8.42 Å². The number of hydrogen-bond donors (Lipinski definition) is 3. The van der Waals surface area contributed by atoms with Gasteiger partial charge in [0.1, 0.15) is 11.6 Å². The highest BCUT2D eigenvalue weighted by molar-refractivity contribution is 7.87. The summed E-state index contributed by atoms with van der Waals surface area (Å²) >= 11 is 0. The molecular weight excluding hydrogens is 342 g/mol. The molecule has 25 heavy (non-hydrogen) atoms. The molecule has 8 nitrogen and oxygen atoms in total. The van der Waals surface area contributed by atoms with Crippen LogP contribution in [0.25, 0.3) is 5.70 Å². The van der Waals surface area contributed by atoms with Crippen LogP contribution in [-0.2, 0) is 10.2 Å². The Hall–Kier alpha value is -1.55. The lowest BCUT2D eigenvalue weighted by Crippen LogP contribution is -2.42. The zero-order valence-corrected chi connectivity index (χ0v) is 15.6. The van der Waals surface area contributed by atoms with Crippen LogP contribution in [0.3, 0.4) is 0 Å². The van der Waals surface area contributed by atoms with E-state index >= 15 is 0 Å². The Bertz CT molecular complexity index is 728. The summed E-state index contributed by atoms with van der Waals surface area (Å²) in [7, 11) is -3.63. The van der Waals surface area contributed by atoms with Crippen LogP contribution in [0.4, 0.5) is 0 Å². The lowest BCUT2D eigenvalue weighted by molar-refractivity contribution is 0.300. The highest BCUT2D eigenvalue weighted by Gasteiger charge is 2.38. The third-order valence-electron chi connectivity index (χ3n) is 4.65. The van der Waals surface area contributed by atoms with E-state index in [-0.39, 0.29) is 25.1 Å². The standard InChI is InChI=1S/C16H27N5O3S/c1-5-11(3)21-12(4)18-19-16(21)15-10-14(9-13(15)6-2)20-25(23,24)17-7-8-22/h5,13-15,17,20,22H,1,3,6-10H2,2,4H3/t13-,14+,15+/m1/s1. The predicted octanol–water partition coefficient (Wildman–Crippen LogP) is 0.932. The van der Waals surface area contributed by atoms with Crippen LogP contribution in [0.2, 0.25) is 0 Å². The summed E-state index contributed by atoms with van der Waals surface area (Å²) in [4.78, 5) is 0. The highest BCUT2D eigenvalue weighted by atomic mass is 32.2. The summed E-state index contributed by atoms with van der Waals surface area (Å²) in [6, 6.07) is -0.186. The number of aliphatic hydroxyl groups is 1. The second-order valence-corrected chi connectivity index (χ2v) is 7.85. The van der Waals surface area contributed by atoms with Gasteiger partial charge in [0.2, 0.25) is 0 Å². The average molecular weight is 369 g/mol. The Morgan fingerprint density at radius 1 is 1.44 bits per heavy atom. The summed E-state index contributed by atoms with van der Waals surface area (Å²) < 4.78 is 30.9. The predicted molar refractivity (Wildman–Crippen MR) is 97.0 cm³/mol. The number of allylic oxidation sites excluding steroid dienone is 2. The van der Waals surface area contributed by atoms with Gasteiger partial charge in [-0.25, -0.2) is 0 Å². The molecule has 0 aliphatic heterocycles. The van der Waals surface area contributed by atoms with Gasteiger partial charge in [-0.15, -0.1) is 10.2 Å². The smallest absolute Gasteiger partial charge is 0.277 e. The normalized spacial score (nSPS) is 23.7. The fraction of sp³-hybridized carbons (Fsp3) is 0.625. The molecule has 0 amide bonds. The van der Waals surface area contributed by atoms with Crippen molar-refractivity contribution in [3.63, 3.8) is 0 Å². The molecule has 9 heteroatoms. The van der Waals surface area contributed by atoms with Gasteiger partial charge in [-0.1, -0.05) is 26.5 Å². The molecule has 1 aliphatic rings. The minimum Gasteiger partial charge on any atom is -0.395 e. The van der Waals surface area contributed by atoms with Gasteiger partial charge in [0, 0.05) is 24.2 Å². The van der Waals surface area contributed by atoms with Crippen LogP contribution < -0.4 is 9.44 Å². The fourth-order valence-electron chi connectivity index (χ4n) is 3.49. The van der Waals surface area contributed by atoms with Crippen molar-refractivity contribution in [2.24, 2.45) is 5.92 Å². The van der Waals surface area contributed by atoms with E-state index in [0.717, 1.165) is 24.5 Å². The molecule has 0 aromatic carbocycles.